The highest BCUT2D eigenvalue weighted by atomic mass is 35.5. The molecule has 152 valence electrons. The lowest BCUT2D eigenvalue weighted by Gasteiger charge is -2.44. The van der Waals surface area contributed by atoms with Crippen molar-refractivity contribution in [1.82, 2.24) is 4.90 Å². The number of hydrogen-bond acceptors (Lipinski definition) is 4. The van der Waals surface area contributed by atoms with Crippen LogP contribution in [0.3, 0.4) is 0 Å². The van der Waals surface area contributed by atoms with Gasteiger partial charge in [-0.15, -0.1) is 0 Å². The van der Waals surface area contributed by atoms with E-state index in [1.165, 1.54) is 5.56 Å². The molecule has 2 aromatic rings. The third kappa shape index (κ3) is 4.87. The molecule has 0 aromatic heterocycles. The number of rotatable bonds is 7. The summed E-state index contributed by atoms with van der Waals surface area (Å²) in [6, 6.07) is 15.7. The molecule has 0 spiro atoms. The van der Waals surface area contributed by atoms with Crippen molar-refractivity contribution in [3.63, 3.8) is 0 Å². The van der Waals surface area contributed by atoms with Crippen LogP contribution in [0, 0.1) is 5.92 Å². The summed E-state index contributed by atoms with van der Waals surface area (Å²) < 4.78 is 11.7. The predicted molar refractivity (Wildman–Crippen MR) is 113 cm³/mol. The minimum absolute atomic E-state index is 0.0180. The molecular weight excluding hydrogens is 374 g/mol. The number of halogens is 1. The molecule has 1 saturated carbocycles. The van der Waals surface area contributed by atoms with Crippen molar-refractivity contribution in [2.75, 3.05) is 27.7 Å². The number of aliphatic hydroxyl groups is 1. The summed E-state index contributed by atoms with van der Waals surface area (Å²) >= 11 is 6.25. The molecule has 0 amide bonds. The molecule has 3 rings (SSSR count). The Bertz CT molecular complexity index is 768. The molecule has 1 fully saturated rings. The highest BCUT2D eigenvalue weighted by molar-refractivity contribution is 6.30. The van der Waals surface area contributed by atoms with E-state index in [0.717, 1.165) is 24.9 Å². The summed E-state index contributed by atoms with van der Waals surface area (Å²) in [5.41, 5.74) is 0.951. The maximum atomic E-state index is 11.8. The van der Waals surface area contributed by atoms with Gasteiger partial charge in [0.15, 0.2) is 0 Å². The smallest absolute Gasteiger partial charge is 0.125 e. The van der Waals surface area contributed by atoms with Crippen LogP contribution in [-0.4, -0.2) is 43.9 Å². The maximum absolute atomic E-state index is 11.8. The number of benzene rings is 2. The molecule has 28 heavy (non-hydrogen) atoms. The Hall–Kier alpha value is -1.59. The Kier molecular flexibility index (Phi) is 7.00. The summed E-state index contributed by atoms with van der Waals surface area (Å²) in [6.07, 6.45) is 2.32. The Labute approximate surface area is 173 Å². The molecule has 0 bridgehead atoms. The maximum Gasteiger partial charge on any atom is 0.125 e. The molecule has 3 unspecified atom stereocenters. The first-order valence-corrected chi connectivity index (χ1v) is 10.2. The minimum Gasteiger partial charge on any atom is -0.496 e. The largest absolute Gasteiger partial charge is 0.496 e. The van der Waals surface area contributed by atoms with Crippen molar-refractivity contribution in [2.24, 2.45) is 5.92 Å². The van der Waals surface area contributed by atoms with Crippen LogP contribution in [0.25, 0.3) is 0 Å². The van der Waals surface area contributed by atoms with Gasteiger partial charge in [-0.2, -0.15) is 0 Å². The first-order valence-electron chi connectivity index (χ1n) is 9.79. The molecule has 5 heteroatoms. The van der Waals surface area contributed by atoms with Crippen LogP contribution in [0.1, 0.15) is 30.4 Å². The fourth-order valence-electron chi connectivity index (χ4n) is 4.19. The molecule has 1 aliphatic carbocycles. The Balaban J connectivity index is 1.80. The van der Waals surface area contributed by atoms with Crippen LogP contribution < -0.4 is 4.74 Å². The molecule has 2 aromatic carbocycles. The normalized spacial score (nSPS) is 25.1. The number of hydrogen-bond donors (Lipinski definition) is 1. The van der Waals surface area contributed by atoms with Gasteiger partial charge in [0.1, 0.15) is 5.75 Å². The number of ether oxygens (including phenoxy) is 2. The van der Waals surface area contributed by atoms with Gasteiger partial charge in [0.05, 0.1) is 25.4 Å². The third-order valence-corrected chi connectivity index (χ3v) is 5.85. The topological polar surface area (TPSA) is 41.9 Å². The fraction of sp³-hybridized carbons (Fsp3) is 0.478. The zero-order valence-corrected chi connectivity index (χ0v) is 17.7. The van der Waals surface area contributed by atoms with Crippen LogP contribution in [0.2, 0.25) is 5.02 Å². The van der Waals surface area contributed by atoms with E-state index in [-0.39, 0.29) is 12.0 Å². The highest BCUT2D eigenvalue weighted by Crippen LogP contribution is 2.46. The minimum atomic E-state index is -0.993. The summed E-state index contributed by atoms with van der Waals surface area (Å²) in [5.74, 6) is 0.698. The van der Waals surface area contributed by atoms with Crippen molar-refractivity contribution >= 4 is 11.6 Å². The van der Waals surface area contributed by atoms with Gasteiger partial charge in [-0.25, -0.2) is 0 Å². The zero-order valence-electron chi connectivity index (χ0n) is 16.9. The van der Waals surface area contributed by atoms with E-state index < -0.39 is 5.60 Å². The summed E-state index contributed by atoms with van der Waals surface area (Å²) in [6.45, 7) is 1.36. The Morgan fingerprint density at radius 3 is 2.61 bits per heavy atom. The molecule has 0 radical (unpaired) electrons. The molecule has 0 heterocycles. The monoisotopic (exact) mass is 403 g/mol. The lowest BCUT2D eigenvalue weighted by molar-refractivity contribution is -0.111. The van der Waals surface area contributed by atoms with E-state index in [1.54, 1.807) is 13.2 Å². The lowest BCUT2D eigenvalue weighted by atomic mass is 9.70. The van der Waals surface area contributed by atoms with Crippen molar-refractivity contribution < 1.29 is 14.6 Å². The summed E-state index contributed by atoms with van der Waals surface area (Å²) in [4.78, 5) is 2.12. The van der Waals surface area contributed by atoms with E-state index in [1.807, 2.05) is 44.4 Å². The second-order valence-electron chi connectivity index (χ2n) is 7.92. The van der Waals surface area contributed by atoms with Crippen molar-refractivity contribution in [1.29, 1.82) is 0 Å². The summed E-state index contributed by atoms with van der Waals surface area (Å²) in [5, 5.41) is 12.4. The SMILES string of the molecule is COc1ccc(Cl)cc1C1(O)CCC(OCc2ccccc2)CC1CN(C)C. The van der Waals surface area contributed by atoms with Crippen LogP contribution >= 0.6 is 11.6 Å². The van der Waals surface area contributed by atoms with Crippen molar-refractivity contribution in [3.8, 4) is 5.75 Å². The van der Waals surface area contributed by atoms with Gasteiger partial charge < -0.3 is 19.5 Å². The molecule has 0 aliphatic heterocycles. The van der Waals surface area contributed by atoms with E-state index >= 15 is 0 Å². The quantitative estimate of drug-likeness (QED) is 0.739. The first kappa shape index (κ1) is 21.1. The molecule has 1 aliphatic rings. The van der Waals surface area contributed by atoms with Crippen LogP contribution in [0.15, 0.2) is 48.5 Å². The molecule has 3 atom stereocenters. The van der Waals surface area contributed by atoms with E-state index in [4.69, 9.17) is 21.1 Å². The Morgan fingerprint density at radius 1 is 1.18 bits per heavy atom. The molecule has 4 nitrogen and oxygen atoms in total. The first-order chi connectivity index (χ1) is 13.4. The second kappa shape index (κ2) is 9.27. The second-order valence-corrected chi connectivity index (χ2v) is 8.36. The van der Waals surface area contributed by atoms with Gasteiger partial charge in [-0.05, 0) is 57.1 Å². The van der Waals surface area contributed by atoms with Gasteiger partial charge in [-0.1, -0.05) is 41.9 Å². The van der Waals surface area contributed by atoms with Crippen LogP contribution in [0.4, 0.5) is 0 Å². The third-order valence-electron chi connectivity index (χ3n) is 5.61. The van der Waals surface area contributed by atoms with Gasteiger partial charge in [0, 0.05) is 23.0 Å². The number of nitrogens with zero attached hydrogens (tertiary/aromatic N) is 1. The Morgan fingerprint density at radius 2 is 1.93 bits per heavy atom. The highest BCUT2D eigenvalue weighted by Gasteiger charge is 2.45. The average Bonchev–Trinajstić information content (AvgIpc) is 2.69. The predicted octanol–water partition coefficient (Wildman–Crippen LogP) is 4.48. The summed E-state index contributed by atoms with van der Waals surface area (Å²) in [7, 11) is 5.69. The molecule has 0 saturated heterocycles. The van der Waals surface area contributed by atoms with Crippen LogP contribution in [0.5, 0.6) is 5.75 Å². The standard InChI is InChI=1S/C23H30ClNO3/c1-25(2)15-18-13-20(28-16-17-7-5-4-6-8-17)11-12-23(18,26)21-14-19(24)9-10-22(21)27-3/h4-10,14,18,20,26H,11-13,15-16H2,1-3H3. The van der Waals surface area contributed by atoms with Crippen molar-refractivity contribution in [2.45, 2.75) is 37.6 Å². The fourth-order valence-corrected chi connectivity index (χ4v) is 4.37. The van der Waals surface area contributed by atoms with Crippen molar-refractivity contribution in [3.05, 3.63) is 64.7 Å². The zero-order chi connectivity index (χ0) is 20.1. The molecular formula is C23H30ClNO3. The van der Waals surface area contributed by atoms with E-state index in [2.05, 4.69) is 17.0 Å². The number of methoxy groups -OCH3 is 1. The average molecular weight is 404 g/mol. The van der Waals surface area contributed by atoms with E-state index in [9.17, 15) is 5.11 Å². The van der Waals surface area contributed by atoms with Gasteiger partial charge in [0.2, 0.25) is 0 Å². The van der Waals surface area contributed by atoms with E-state index in [0.29, 0.717) is 23.8 Å². The lowest BCUT2D eigenvalue weighted by Crippen LogP contribution is -2.47. The van der Waals surface area contributed by atoms with Gasteiger partial charge in [-0.3, -0.25) is 0 Å². The molecule has 1 N–H and O–H groups in total. The van der Waals surface area contributed by atoms with Gasteiger partial charge in [0.25, 0.3) is 0 Å². The van der Waals surface area contributed by atoms with Crippen LogP contribution in [-0.2, 0) is 16.9 Å². The van der Waals surface area contributed by atoms with Gasteiger partial charge >= 0.3 is 0 Å².